The molecule has 2 aromatic carbocycles. The van der Waals surface area contributed by atoms with Crippen molar-refractivity contribution in [3.63, 3.8) is 0 Å². The van der Waals surface area contributed by atoms with Crippen molar-refractivity contribution in [2.24, 2.45) is 4.99 Å². The van der Waals surface area contributed by atoms with E-state index in [9.17, 15) is 14.4 Å². The number of carbonyl (C=O) groups excluding carboxylic acids is 3. The number of benzene rings is 2. The van der Waals surface area contributed by atoms with Gasteiger partial charge in [0, 0.05) is 51.1 Å². The van der Waals surface area contributed by atoms with Crippen LogP contribution in [0, 0.1) is 13.8 Å². The molecule has 0 bridgehead atoms. The van der Waals surface area contributed by atoms with Gasteiger partial charge in [0.2, 0.25) is 0 Å². The van der Waals surface area contributed by atoms with Crippen LogP contribution in [0.3, 0.4) is 0 Å². The highest BCUT2D eigenvalue weighted by Gasteiger charge is 2.25. The summed E-state index contributed by atoms with van der Waals surface area (Å²) in [7, 11) is 0. The van der Waals surface area contributed by atoms with Gasteiger partial charge in [0.1, 0.15) is 23.3 Å². The molecule has 0 aliphatic heterocycles. The molecule has 0 amide bonds. The Hall–Kier alpha value is -5.04. The fraction of sp³-hybridized carbons (Fsp3) is 0.404. The monoisotopic (exact) mass is 841 g/mol. The Morgan fingerprint density at radius 1 is 0.780 bits per heavy atom. The molecule has 4 aromatic rings. The first-order valence-corrected chi connectivity index (χ1v) is 21.9. The van der Waals surface area contributed by atoms with Crippen LogP contribution >= 0.6 is 22.7 Å². The first kappa shape index (κ1) is 45.1. The number of hydrogen-bond donors (Lipinski definition) is 0. The highest BCUT2D eigenvalue weighted by Crippen LogP contribution is 2.37. The number of aliphatic imine (C=N–C) groups is 1. The van der Waals surface area contributed by atoms with Gasteiger partial charge in [-0.15, -0.1) is 29.3 Å². The first-order chi connectivity index (χ1) is 28.7. The van der Waals surface area contributed by atoms with Crippen LogP contribution in [0.2, 0.25) is 0 Å². The number of hydrogen-bond acceptors (Lipinski definition) is 12. The average Bonchev–Trinajstić information content (AvgIpc) is 3.86. The van der Waals surface area contributed by atoms with Crippen molar-refractivity contribution in [3.05, 3.63) is 112 Å². The maximum atomic E-state index is 13.0. The quantitative estimate of drug-likeness (QED) is 0.0170. The summed E-state index contributed by atoms with van der Waals surface area (Å²) in [6, 6.07) is 20.4. The molecule has 0 saturated heterocycles. The Morgan fingerprint density at radius 3 is 2.27 bits per heavy atom. The van der Waals surface area contributed by atoms with Crippen LogP contribution in [0.5, 0.6) is 11.5 Å². The van der Waals surface area contributed by atoms with Crippen molar-refractivity contribution in [2.75, 3.05) is 39.6 Å². The van der Waals surface area contributed by atoms with E-state index in [1.54, 1.807) is 28.7 Å². The third-order valence-corrected chi connectivity index (χ3v) is 12.2. The third kappa shape index (κ3) is 15.3. The predicted octanol–water partition coefficient (Wildman–Crippen LogP) is 10.4. The van der Waals surface area contributed by atoms with E-state index in [-0.39, 0.29) is 37.5 Å². The molecule has 2 aromatic heterocycles. The minimum Gasteiger partial charge on any atom is -0.493 e. The molecule has 59 heavy (non-hydrogen) atoms. The molecule has 1 aliphatic carbocycles. The number of ether oxygens (including phenoxy) is 6. The molecule has 0 radical (unpaired) electrons. The van der Waals surface area contributed by atoms with Crippen LogP contribution in [0.4, 0.5) is 5.69 Å². The van der Waals surface area contributed by atoms with E-state index in [2.05, 4.69) is 57.3 Å². The molecule has 0 unspecified atom stereocenters. The molecule has 10 nitrogen and oxygen atoms in total. The number of thiophene rings is 2. The number of esters is 3. The summed E-state index contributed by atoms with van der Waals surface area (Å²) in [5.74, 6) is 0.852. The zero-order chi connectivity index (χ0) is 41.8. The first-order valence-electron chi connectivity index (χ1n) is 20.2. The lowest BCUT2D eigenvalue weighted by atomic mass is 9.83. The maximum absolute atomic E-state index is 13.0. The van der Waals surface area contributed by atoms with Crippen LogP contribution in [0.25, 0.3) is 9.75 Å². The van der Waals surface area contributed by atoms with E-state index in [1.807, 2.05) is 36.5 Å². The fourth-order valence-corrected chi connectivity index (χ4v) is 8.46. The standard InChI is InChI=1S/C47H55NO9S2/c1-5-24-52-29-23-46(50)56-28-8-26-54-42-20-9-35(31-41(42)48-32-40-19-21-43(59-40)44-30-33(3)34(4)58-44)10-22-47(51)57-39-17-13-37(14-18-39)36-11-15-38(16-12-36)53-25-7-27-55-45(49)6-2/h5-6,9,11-12,15-16,19-21,30-32,37,39H,1-2,7-8,10,13-14,17-18,22-29H2,3-4H3. The van der Waals surface area contributed by atoms with Gasteiger partial charge >= 0.3 is 17.9 Å². The molecule has 5 rings (SSSR count). The zero-order valence-corrected chi connectivity index (χ0v) is 35.8. The normalized spacial score (nSPS) is 15.1. The topological polar surface area (TPSA) is 119 Å². The van der Waals surface area contributed by atoms with Crippen LogP contribution in [0.15, 0.2) is 91.0 Å². The second kappa shape index (κ2) is 24.1. The van der Waals surface area contributed by atoms with E-state index in [1.165, 1.54) is 25.8 Å². The van der Waals surface area contributed by atoms with Crippen molar-refractivity contribution < 1.29 is 42.8 Å². The van der Waals surface area contributed by atoms with Crippen LogP contribution in [-0.4, -0.2) is 69.9 Å². The zero-order valence-electron chi connectivity index (χ0n) is 34.1. The summed E-state index contributed by atoms with van der Waals surface area (Å²) in [6.45, 7) is 13.3. The van der Waals surface area contributed by atoms with Gasteiger partial charge in [-0.3, -0.25) is 14.6 Å². The van der Waals surface area contributed by atoms with Crippen LogP contribution in [-0.2, 0) is 39.8 Å². The van der Waals surface area contributed by atoms with E-state index in [0.29, 0.717) is 69.7 Å². The Bertz CT molecular complexity index is 1990. The summed E-state index contributed by atoms with van der Waals surface area (Å²) in [6.07, 6.45) is 10.2. The van der Waals surface area contributed by atoms with Crippen molar-refractivity contribution >= 4 is 52.5 Å². The lowest BCUT2D eigenvalue weighted by molar-refractivity contribution is -0.150. The number of carbonyl (C=O) groups is 3. The molecule has 0 atom stereocenters. The van der Waals surface area contributed by atoms with Crippen molar-refractivity contribution in [2.45, 2.75) is 83.7 Å². The molecule has 2 heterocycles. The Morgan fingerprint density at radius 2 is 1.54 bits per heavy atom. The minimum absolute atomic E-state index is 0.0879. The molecular weight excluding hydrogens is 787 g/mol. The summed E-state index contributed by atoms with van der Waals surface area (Å²) in [5, 5.41) is 0. The molecule has 314 valence electrons. The van der Waals surface area contributed by atoms with Crippen molar-refractivity contribution in [1.29, 1.82) is 0 Å². The van der Waals surface area contributed by atoms with Gasteiger partial charge in [-0.25, -0.2) is 4.79 Å². The van der Waals surface area contributed by atoms with Crippen LogP contribution < -0.4 is 9.47 Å². The van der Waals surface area contributed by atoms with Gasteiger partial charge in [-0.1, -0.05) is 30.9 Å². The molecule has 1 aliphatic rings. The van der Waals surface area contributed by atoms with Gasteiger partial charge < -0.3 is 28.4 Å². The highest BCUT2D eigenvalue weighted by molar-refractivity contribution is 7.23. The number of aryl methyl sites for hydroxylation is 3. The average molecular weight is 842 g/mol. The number of rotatable bonds is 24. The molecule has 0 N–H and O–H groups in total. The van der Waals surface area contributed by atoms with Gasteiger partial charge in [0.05, 0.1) is 46.1 Å². The maximum Gasteiger partial charge on any atom is 0.330 e. The van der Waals surface area contributed by atoms with E-state index in [0.717, 1.165) is 47.9 Å². The Balaban J connectivity index is 1.10. The smallest absolute Gasteiger partial charge is 0.330 e. The predicted molar refractivity (Wildman–Crippen MR) is 235 cm³/mol. The lowest BCUT2D eigenvalue weighted by Crippen LogP contribution is -2.24. The Labute approximate surface area is 355 Å². The fourth-order valence-electron chi connectivity index (χ4n) is 6.47. The van der Waals surface area contributed by atoms with E-state index in [4.69, 9.17) is 33.4 Å². The Kier molecular flexibility index (Phi) is 18.4. The molecule has 1 saturated carbocycles. The van der Waals surface area contributed by atoms with Gasteiger partial charge in [0.15, 0.2) is 0 Å². The molecule has 1 fully saturated rings. The van der Waals surface area contributed by atoms with E-state index >= 15 is 0 Å². The van der Waals surface area contributed by atoms with Crippen LogP contribution in [0.1, 0.15) is 83.7 Å². The summed E-state index contributed by atoms with van der Waals surface area (Å²) in [4.78, 5) is 45.8. The highest BCUT2D eigenvalue weighted by atomic mass is 32.1. The van der Waals surface area contributed by atoms with Gasteiger partial charge in [-0.05, 0) is 111 Å². The lowest BCUT2D eigenvalue weighted by Gasteiger charge is -2.28. The SMILES string of the molecule is C=CCOCCC(=O)OCCCOc1ccc(CCC(=O)OC2CCC(c3ccc(OCCCOC(=O)C=C)cc3)CC2)cc1N=Cc1ccc(-c2cc(C)c(C)s2)s1. The molecular formula is C47H55NO9S2. The minimum atomic E-state index is -0.430. The summed E-state index contributed by atoms with van der Waals surface area (Å²) < 4.78 is 33.4. The van der Waals surface area contributed by atoms with Gasteiger partial charge in [-0.2, -0.15) is 0 Å². The number of nitrogens with zero attached hydrogens (tertiary/aromatic N) is 1. The van der Waals surface area contributed by atoms with Crippen molar-refractivity contribution in [3.8, 4) is 21.3 Å². The van der Waals surface area contributed by atoms with E-state index < -0.39 is 5.97 Å². The third-order valence-electron chi connectivity index (χ3n) is 9.80. The largest absolute Gasteiger partial charge is 0.493 e. The summed E-state index contributed by atoms with van der Waals surface area (Å²) in [5.41, 5.74) is 4.16. The van der Waals surface area contributed by atoms with Crippen molar-refractivity contribution in [1.82, 2.24) is 0 Å². The molecule has 0 spiro atoms. The molecule has 12 heteroatoms. The second-order valence-electron chi connectivity index (χ2n) is 14.3. The second-order valence-corrected chi connectivity index (χ2v) is 16.6. The summed E-state index contributed by atoms with van der Waals surface area (Å²) >= 11 is 3.48. The van der Waals surface area contributed by atoms with Gasteiger partial charge in [0.25, 0.3) is 0 Å².